The molecule has 0 fully saturated rings. The number of carbonyl (C=O) groups is 2. The predicted molar refractivity (Wildman–Crippen MR) is 74.6 cm³/mol. The molecule has 19 heavy (non-hydrogen) atoms. The molecule has 0 spiro atoms. The van der Waals surface area contributed by atoms with E-state index in [1.165, 1.54) is 0 Å². The molecule has 0 heterocycles. The van der Waals surface area contributed by atoms with Crippen LogP contribution in [0.5, 0.6) is 0 Å². The molecule has 0 radical (unpaired) electrons. The second-order valence-corrected chi connectivity index (χ2v) is 4.63. The van der Waals surface area contributed by atoms with Gasteiger partial charge in [0.15, 0.2) is 0 Å². The van der Waals surface area contributed by atoms with Crippen molar-refractivity contribution in [1.29, 1.82) is 0 Å². The summed E-state index contributed by atoms with van der Waals surface area (Å²) in [5, 5.41) is 18.2. The van der Waals surface area contributed by atoms with E-state index in [4.69, 9.17) is 5.11 Å². The standard InChI is InChI=1S/C12H24N2O4.ClH/c1-13(2)9-6-4-3-5-7-11(15)14(18)10-8-12(16)17;/h18H,3-10H2,1-2H3,(H,16,17);1H. The topological polar surface area (TPSA) is 81.1 Å². The van der Waals surface area contributed by atoms with Crippen molar-refractivity contribution in [1.82, 2.24) is 9.96 Å². The van der Waals surface area contributed by atoms with Gasteiger partial charge >= 0.3 is 5.97 Å². The fourth-order valence-corrected chi connectivity index (χ4v) is 1.51. The summed E-state index contributed by atoms with van der Waals surface area (Å²) in [5.41, 5.74) is 0. The monoisotopic (exact) mass is 296 g/mol. The Hall–Kier alpha value is -0.850. The number of carbonyl (C=O) groups excluding carboxylic acids is 1. The molecule has 0 aromatic rings. The number of carboxylic acid groups (broad SMARTS) is 1. The minimum atomic E-state index is -1.02. The highest BCUT2D eigenvalue weighted by atomic mass is 35.5. The third-order valence-corrected chi connectivity index (χ3v) is 2.57. The largest absolute Gasteiger partial charge is 0.481 e. The number of hydrogen-bond donors (Lipinski definition) is 2. The van der Waals surface area contributed by atoms with Gasteiger partial charge in [0.1, 0.15) is 0 Å². The quantitative estimate of drug-likeness (QED) is 0.364. The van der Waals surface area contributed by atoms with Gasteiger partial charge in [-0.15, -0.1) is 12.4 Å². The van der Waals surface area contributed by atoms with Gasteiger partial charge in [-0.25, -0.2) is 5.06 Å². The summed E-state index contributed by atoms with van der Waals surface area (Å²) in [5.74, 6) is -1.42. The highest BCUT2D eigenvalue weighted by Gasteiger charge is 2.11. The summed E-state index contributed by atoms with van der Waals surface area (Å²) in [7, 11) is 4.05. The molecule has 114 valence electrons. The Balaban J connectivity index is 0. The van der Waals surface area contributed by atoms with Crippen LogP contribution in [-0.2, 0) is 9.59 Å². The van der Waals surface area contributed by atoms with Gasteiger partial charge in [-0.05, 0) is 33.5 Å². The van der Waals surface area contributed by atoms with E-state index >= 15 is 0 Å². The summed E-state index contributed by atoms with van der Waals surface area (Å²) in [4.78, 5) is 23.7. The fraction of sp³-hybridized carbons (Fsp3) is 0.833. The van der Waals surface area contributed by atoms with Crippen LogP contribution in [0.4, 0.5) is 0 Å². The number of hydroxylamine groups is 2. The average molecular weight is 297 g/mol. The number of aliphatic carboxylic acids is 1. The highest BCUT2D eigenvalue weighted by molar-refractivity contribution is 5.85. The Morgan fingerprint density at radius 2 is 1.53 bits per heavy atom. The summed E-state index contributed by atoms with van der Waals surface area (Å²) in [6.45, 7) is 0.896. The van der Waals surface area contributed by atoms with Gasteiger partial charge in [0.2, 0.25) is 5.91 Å². The van der Waals surface area contributed by atoms with E-state index in [-0.39, 0.29) is 31.8 Å². The van der Waals surface area contributed by atoms with Crippen molar-refractivity contribution < 1.29 is 19.9 Å². The zero-order valence-corrected chi connectivity index (χ0v) is 12.5. The molecular weight excluding hydrogens is 272 g/mol. The van der Waals surface area contributed by atoms with E-state index in [2.05, 4.69) is 4.90 Å². The first-order chi connectivity index (χ1) is 8.43. The number of amides is 1. The van der Waals surface area contributed by atoms with Crippen molar-refractivity contribution >= 4 is 24.3 Å². The normalized spacial score (nSPS) is 10.1. The summed E-state index contributed by atoms with van der Waals surface area (Å²) < 4.78 is 0. The molecule has 0 aliphatic rings. The number of halogens is 1. The van der Waals surface area contributed by atoms with Gasteiger partial charge < -0.3 is 10.0 Å². The van der Waals surface area contributed by atoms with Gasteiger partial charge in [-0.3, -0.25) is 14.8 Å². The lowest BCUT2D eigenvalue weighted by atomic mass is 10.1. The van der Waals surface area contributed by atoms with Gasteiger partial charge in [0.25, 0.3) is 0 Å². The second-order valence-electron chi connectivity index (χ2n) is 4.63. The van der Waals surface area contributed by atoms with Crippen molar-refractivity contribution in [3.8, 4) is 0 Å². The van der Waals surface area contributed by atoms with E-state index in [1.54, 1.807) is 0 Å². The van der Waals surface area contributed by atoms with Crippen LogP contribution in [0.15, 0.2) is 0 Å². The molecule has 0 atom stereocenters. The maximum atomic E-state index is 11.4. The summed E-state index contributed by atoms with van der Waals surface area (Å²) in [6, 6.07) is 0. The minimum Gasteiger partial charge on any atom is -0.481 e. The van der Waals surface area contributed by atoms with Crippen LogP contribution in [-0.4, -0.2) is 59.3 Å². The number of rotatable bonds is 10. The predicted octanol–water partition coefficient (Wildman–Crippen LogP) is 1.61. The fourth-order valence-electron chi connectivity index (χ4n) is 1.51. The zero-order valence-electron chi connectivity index (χ0n) is 11.7. The Bertz CT molecular complexity index is 262. The van der Waals surface area contributed by atoms with Crippen molar-refractivity contribution in [2.24, 2.45) is 0 Å². The lowest BCUT2D eigenvalue weighted by molar-refractivity contribution is -0.167. The van der Waals surface area contributed by atoms with Crippen molar-refractivity contribution in [2.45, 2.75) is 38.5 Å². The Morgan fingerprint density at radius 3 is 2.05 bits per heavy atom. The van der Waals surface area contributed by atoms with Crippen LogP contribution in [0.25, 0.3) is 0 Å². The average Bonchev–Trinajstić information content (AvgIpc) is 2.29. The number of hydrogen-bond acceptors (Lipinski definition) is 4. The SMILES string of the molecule is CN(C)CCCCCCC(=O)N(O)CCC(=O)O.Cl. The molecular formula is C12H25ClN2O4. The molecule has 0 aromatic heterocycles. The lowest BCUT2D eigenvalue weighted by Crippen LogP contribution is -2.29. The first kappa shape index (κ1) is 20.5. The third kappa shape index (κ3) is 13.4. The minimum absolute atomic E-state index is 0. The van der Waals surface area contributed by atoms with Crippen molar-refractivity contribution in [3.63, 3.8) is 0 Å². The molecule has 0 aliphatic carbocycles. The molecule has 0 bridgehead atoms. The highest BCUT2D eigenvalue weighted by Crippen LogP contribution is 2.05. The Kier molecular flexibility index (Phi) is 13.1. The van der Waals surface area contributed by atoms with Gasteiger partial charge in [0.05, 0.1) is 13.0 Å². The molecule has 0 rings (SSSR count). The van der Waals surface area contributed by atoms with E-state index in [0.717, 1.165) is 32.2 Å². The van der Waals surface area contributed by atoms with Gasteiger partial charge in [-0.2, -0.15) is 0 Å². The van der Waals surface area contributed by atoms with E-state index in [1.807, 2.05) is 14.1 Å². The van der Waals surface area contributed by atoms with Crippen LogP contribution in [0.2, 0.25) is 0 Å². The van der Waals surface area contributed by atoms with E-state index < -0.39 is 11.9 Å². The van der Waals surface area contributed by atoms with E-state index in [9.17, 15) is 14.8 Å². The van der Waals surface area contributed by atoms with Crippen LogP contribution < -0.4 is 0 Å². The Labute approximate surface area is 120 Å². The van der Waals surface area contributed by atoms with E-state index in [0.29, 0.717) is 5.06 Å². The molecule has 1 amide bonds. The molecule has 0 saturated carbocycles. The van der Waals surface area contributed by atoms with Gasteiger partial charge in [0, 0.05) is 6.42 Å². The first-order valence-corrected chi connectivity index (χ1v) is 6.29. The summed E-state index contributed by atoms with van der Waals surface area (Å²) >= 11 is 0. The van der Waals surface area contributed by atoms with Gasteiger partial charge in [-0.1, -0.05) is 12.8 Å². The first-order valence-electron chi connectivity index (χ1n) is 6.29. The van der Waals surface area contributed by atoms with Crippen LogP contribution in [0.3, 0.4) is 0 Å². The van der Waals surface area contributed by atoms with Crippen molar-refractivity contribution in [3.05, 3.63) is 0 Å². The maximum absolute atomic E-state index is 11.4. The van der Waals surface area contributed by atoms with Crippen LogP contribution in [0, 0.1) is 0 Å². The van der Waals surface area contributed by atoms with Crippen LogP contribution in [0.1, 0.15) is 38.5 Å². The molecule has 6 nitrogen and oxygen atoms in total. The molecule has 0 aromatic carbocycles. The van der Waals surface area contributed by atoms with Crippen LogP contribution >= 0.6 is 12.4 Å². The third-order valence-electron chi connectivity index (χ3n) is 2.57. The Morgan fingerprint density at radius 1 is 0.947 bits per heavy atom. The molecule has 0 saturated heterocycles. The number of nitrogens with zero attached hydrogens (tertiary/aromatic N) is 2. The van der Waals surface area contributed by atoms with Crippen molar-refractivity contribution in [2.75, 3.05) is 27.2 Å². The second kappa shape index (κ2) is 12.2. The molecule has 2 N–H and O–H groups in total. The lowest BCUT2D eigenvalue weighted by Gasteiger charge is -2.13. The summed E-state index contributed by atoms with van der Waals surface area (Å²) in [6.07, 6.45) is 3.89. The zero-order chi connectivity index (χ0) is 14.0. The molecule has 0 unspecified atom stereocenters. The molecule has 7 heteroatoms. The number of carboxylic acids is 1. The smallest absolute Gasteiger partial charge is 0.305 e. The maximum Gasteiger partial charge on any atom is 0.305 e. The molecule has 0 aliphatic heterocycles. The number of unbranched alkanes of at least 4 members (excludes halogenated alkanes) is 3.